The molecule has 0 aliphatic heterocycles. The minimum Gasteiger partial charge on any atom is -0.352 e. The molecule has 2 atom stereocenters. The molecule has 1 N–H and O–H groups in total. The molecule has 0 heterocycles. The summed E-state index contributed by atoms with van der Waals surface area (Å²) < 4.78 is 29.2. The van der Waals surface area contributed by atoms with Crippen molar-refractivity contribution >= 4 is 27.5 Å². The molecule has 2 amide bonds. The van der Waals surface area contributed by atoms with E-state index in [9.17, 15) is 18.0 Å². The molecule has 0 spiro atoms. The molecule has 0 unspecified atom stereocenters. The van der Waals surface area contributed by atoms with Crippen molar-refractivity contribution in [1.82, 2.24) is 10.2 Å². The van der Waals surface area contributed by atoms with Crippen LogP contribution in [0.15, 0.2) is 71.6 Å². The van der Waals surface area contributed by atoms with Crippen molar-refractivity contribution in [2.45, 2.75) is 78.4 Å². The van der Waals surface area contributed by atoms with E-state index in [1.165, 1.54) is 9.21 Å². The highest BCUT2D eigenvalue weighted by Crippen LogP contribution is 2.28. The monoisotopic (exact) mass is 563 g/mol. The highest BCUT2D eigenvalue weighted by Gasteiger charge is 2.33. The van der Waals surface area contributed by atoms with Crippen molar-refractivity contribution in [3.8, 4) is 0 Å². The number of carbonyl (C=O) groups excluding carboxylic acids is 2. The molecule has 0 aliphatic rings. The van der Waals surface area contributed by atoms with Crippen LogP contribution in [0.2, 0.25) is 0 Å². The van der Waals surface area contributed by atoms with Gasteiger partial charge in [0.2, 0.25) is 11.8 Å². The van der Waals surface area contributed by atoms with Gasteiger partial charge < -0.3 is 10.2 Å². The van der Waals surface area contributed by atoms with E-state index < -0.39 is 28.5 Å². The first-order valence-corrected chi connectivity index (χ1v) is 15.1. The SMILES string of the molecule is CC[C@@H](C)NC(=O)[C@@H](C)N(Cc1ccc(C)cc1)C(=O)CN(c1cc(C)ccc1C)S(=O)(=O)c1ccc(C)cc1. The predicted molar refractivity (Wildman–Crippen MR) is 161 cm³/mol. The summed E-state index contributed by atoms with van der Waals surface area (Å²) in [6.07, 6.45) is 0.750. The van der Waals surface area contributed by atoms with Gasteiger partial charge in [-0.2, -0.15) is 0 Å². The average molecular weight is 564 g/mol. The molecule has 3 aromatic carbocycles. The molecule has 0 fully saturated rings. The van der Waals surface area contributed by atoms with E-state index in [1.807, 2.05) is 77.9 Å². The zero-order valence-corrected chi connectivity index (χ0v) is 25.4. The van der Waals surface area contributed by atoms with Crippen LogP contribution in [0.5, 0.6) is 0 Å². The second kappa shape index (κ2) is 13.1. The van der Waals surface area contributed by atoms with Gasteiger partial charge >= 0.3 is 0 Å². The molecule has 3 rings (SSSR count). The first kappa shape index (κ1) is 30.9. The van der Waals surface area contributed by atoms with Crippen LogP contribution in [0.25, 0.3) is 0 Å². The molecule has 3 aromatic rings. The zero-order chi connectivity index (χ0) is 29.6. The van der Waals surface area contributed by atoms with Gasteiger partial charge in [-0.1, -0.05) is 66.6 Å². The lowest BCUT2D eigenvalue weighted by atomic mass is 10.1. The van der Waals surface area contributed by atoms with Crippen LogP contribution in [-0.2, 0) is 26.2 Å². The van der Waals surface area contributed by atoms with E-state index in [4.69, 9.17) is 0 Å². The number of hydrogen-bond donors (Lipinski definition) is 1. The van der Waals surface area contributed by atoms with Gasteiger partial charge in [-0.3, -0.25) is 13.9 Å². The molecule has 40 heavy (non-hydrogen) atoms. The lowest BCUT2D eigenvalue weighted by Crippen LogP contribution is -2.52. The number of aryl methyl sites for hydroxylation is 4. The lowest BCUT2D eigenvalue weighted by molar-refractivity contribution is -0.139. The van der Waals surface area contributed by atoms with Gasteiger partial charge in [0.15, 0.2) is 0 Å². The number of anilines is 1. The molecular formula is C32H41N3O4S. The summed E-state index contributed by atoms with van der Waals surface area (Å²) in [4.78, 5) is 28.8. The highest BCUT2D eigenvalue weighted by atomic mass is 32.2. The fraction of sp³-hybridized carbons (Fsp3) is 0.375. The Balaban J connectivity index is 2.06. The maximum absolute atomic E-state index is 14.1. The van der Waals surface area contributed by atoms with Crippen molar-refractivity contribution in [3.05, 3.63) is 94.5 Å². The van der Waals surface area contributed by atoms with Crippen LogP contribution in [-0.4, -0.2) is 43.8 Å². The summed E-state index contributed by atoms with van der Waals surface area (Å²) >= 11 is 0. The number of amides is 2. The molecule has 0 aromatic heterocycles. The number of nitrogens with zero attached hydrogens (tertiary/aromatic N) is 2. The number of rotatable bonds is 11. The van der Waals surface area contributed by atoms with E-state index in [0.29, 0.717) is 5.69 Å². The van der Waals surface area contributed by atoms with Crippen molar-refractivity contribution in [2.24, 2.45) is 0 Å². The van der Waals surface area contributed by atoms with Gasteiger partial charge in [-0.15, -0.1) is 0 Å². The van der Waals surface area contributed by atoms with Gasteiger partial charge in [-0.25, -0.2) is 8.42 Å². The Morgan fingerprint density at radius 1 is 0.825 bits per heavy atom. The predicted octanol–water partition coefficient (Wildman–Crippen LogP) is 5.45. The van der Waals surface area contributed by atoms with Gasteiger partial charge in [0.1, 0.15) is 12.6 Å². The quantitative estimate of drug-likeness (QED) is 0.336. The number of sulfonamides is 1. The standard InChI is InChI=1S/C32H41N3O4S/c1-8-26(6)33-32(37)27(7)34(20-28-15-10-22(2)11-16-28)31(36)21-35(30-19-24(4)9-14-25(30)5)40(38,39)29-17-12-23(3)13-18-29/h9-19,26-27H,8,20-21H2,1-7H3,(H,33,37)/t26-,27-/m1/s1. The Morgan fingerprint density at radius 2 is 1.38 bits per heavy atom. The van der Waals surface area contributed by atoms with Crippen LogP contribution in [0, 0.1) is 27.7 Å². The molecule has 7 nitrogen and oxygen atoms in total. The summed E-state index contributed by atoms with van der Waals surface area (Å²) in [5.41, 5.74) is 4.88. The van der Waals surface area contributed by atoms with E-state index in [1.54, 1.807) is 37.3 Å². The van der Waals surface area contributed by atoms with Gasteiger partial charge in [0.25, 0.3) is 10.0 Å². The third-order valence-electron chi connectivity index (χ3n) is 7.16. The molecular weight excluding hydrogens is 522 g/mol. The Hall–Kier alpha value is -3.65. The Morgan fingerprint density at radius 3 is 1.95 bits per heavy atom. The van der Waals surface area contributed by atoms with Crippen molar-refractivity contribution in [3.63, 3.8) is 0 Å². The summed E-state index contributed by atoms with van der Waals surface area (Å²) in [5, 5.41) is 2.96. The molecule has 0 aliphatic carbocycles. The minimum atomic E-state index is -4.10. The summed E-state index contributed by atoms with van der Waals surface area (Å²) in [6.45, 7) is 12.9. The number of benzene rings is 3. The fourth-order valence-electron chi connectivity index (χ4n) is 4.28. The topological polar surface area (TPSA) is 86.8 Å². The highest BCUT2D eigenvalue weighted by molar-refractivity contribution is 7.92. The van der Waals surface area contributed by atoms with Crippen LogP contribution in [0.3, 0.4) is 0 Å². The largest absolute Gasteiger partial charge is 0.352 e. The Kier molecular flexibility index (Phi) is 10.1. The Labute approximate surface area is 239 Å². The van der Waals surface area contributed by atoms with Crippen LogP contribution >= 0.6 is 0 Å². The van der Waals surface area contributed by atoms with Crippen molar-refractivity contribution in [2.75, 3.05) is 10.8 Å². The first-order valence-electron chi connectivity index (χ1n) is 13.7. The molecule has 0 saturated carbocycles. The summed E-state index contributed by atoms with van der Waals surface area (Å²) in [5.74, 6) is -0.751. The van der Waals surface area contributed by atoms with E-state index in [-0.39, 0.29) is 23.4 Å². The summed E-state index contributed by atoms with van der Waals surface area (Å²) in [7, 11) is -4.10. The number of carbonyl (C=O) groups is 2. The summed E-state index contributed by atoms with van der Waals surface area (Å²) in [6, 6.07) is 19.0. The number of hydrogen-bond acceptors (Lipinski definition) is 4. The minimum absolute atomic E-state index is 0.0559. The molecule has 214 valence electrons. The van der Waals surface area contributed by atoms with Gasteiger partial charge in [0, 0.05) is 12.6 Å². The average Bonchev–Trinajstić information content (AvgIpc) is 2.92. The van der Waals surface area contributed by atoms with E-state index >= 15 is 0 Å². The second-order valence-corrected chi connectivity index (χ2v) is 12.5. The van der Waals surface area contributed by atoms with Crippen LogP contribution in [0.1, 0.15) is 55.0 Å². The second-order valence-electron chi connectivity index (χ2n) is 10.6. The maximum Gasteiger partial charge on any atom is 0.264 e. The van der Waals surface area contributed by atoms with Crippen molar-refractivity contribution in [1.29, 1.82) is 0 Å². The van der Waals surface area contributed by atoms with E-state index in [0.717, 1.165) is 34.2 Å². The van der Waals surface area contributed by atoms with Crippen molar-refractivity contribution < 1.29 is 18.0 Å². The lowest BCUT2D eigenvalue weighted by Gasteiger charge is -2.33. The van der Waals surface area contributed by atoms with E-state index in [2.05, 4.69) is 5.32 Å². The first-order chi connectivity index (χ1) is 18.8. The third-order valence-corrected chi connectivity index (χ3v) is 8.94. The fourth-order valence-corrected chi connectivity index (χ4v) is 5.75. The maximum atomic E-state index is 14.1. The molecule has 0 radical (unpaired) electrons. The Bertz CT molecular complexity index is 1430. The van der Waals surface area contributed by atoms with Gasteiger partial charge in [-0.05, 0) is 82.9 Å². The number of nitrogens with one attached hydrogen (secondary N) is 1. The normalized spacial score (nSPS) is 12.9. The van der Waals surface area contributed by atoms with Crippen LogP contribution < -0.4 is 9.62 Å². The molecule has 0 saturated heterocycles. The zero-order valence-electron chi connectivity index (χ0n) is 24.6. The smallest absolute Gasteiger partial charge is 0.264 e. The third kappa shape index (κ3) is 7.50. The van der Waals surface area contributed by atoms with Crippen LogP contribution in [0.4, 0.5) is 5.69 Å². The van der Waals surface area contributed by atoms with Gasteiger partial charge in [0.05, 0.1) is 10.6 Å². The molecule has 0 bridgehead atoms. The molecule has 8 heteroatoms.